The third kappa shape index (κ3) is 2.77. The maximum atomic E-state index is 13.1. The molecule has 3 rings (SSSR count). The molecule has 0 aromatic carbocycles. The number of methoxy groups -OCH3 is 1. The van der Waals surface area contributed by atoms with E-state index in [1.807, 2.05) is 0 Å². The van der Waals surface area contributed by atoms with Crippen molar-refractivity contribution in [2.75, 3.05) is 7.11 Å². The highest BCUT2D eigenvalue weighted by Gasteiger charge is 2.61. The maximum absolute atomic E-state index is 13.1. The van der Waals surface area contributed by atoms with Crippen LogP contribution in [0.3, 0.4) is 0 Å². The fourth-order valence-corrected chi connectivity index (χ4v) is 6.32. The second-order valence-electron chi connectivity index (χ2n) is 9.31. The molecular weight excluding hydrogens is 316 g/mol. The molecule has 0 aromatic heterocycles. The number of ether oxygens (including phenoxy) is 1. The number of carbonyl (C=O) groups is 2. The highest BCUT2D eigenvalue weighted by Crippen LogP contribution is 2.63. The standard InChI is InChI=1S/C21H32O4/c1-12-13(10-18(24)25-5)6-7-14-19(12)15(22)11-16-20(2,3)17(23)8-9-21(14,16)4/h10,12,14,16-17,19,23H,6-9,11H2,1-5H3/b13-10+/t12-,14-,16-,17-,19-,21+/m0/s1. The van der Waals surface area contributed by atoms with Crippen LogP contribution in [0.5, 0.6) is 0 Å². The van der Waals surface area contributed by atoms with Gasteiger partial charge in [-0.15, -0.1) is 0 Å². The van der Waals surface area contributed by atoms with E-state index in [1.54, 1.807) is 6.08 Å². The number of aliphatic hydroxyl groups is 1. The zero-order chi connectivity index (χ0) is 18.6. The minimum absolute atomic E-state index is 0.00283. The normalized spacial score (nSPS) is 44.8. The predicted molar refractivity (Wildman–Crippen MR) is 95.7 cm³/mol. The Balaban J connectivity index is 1.95. The number of carbonyl (C=O) groups excluding carboxylic acids is 2. The van der Waals surface area contributed by atoms with E-state index in [9.17, 15) is 14.7 Å². The summed E-state index contributed by atoms with van der Waals surface area (Å²) in [4.78, 5) is 24.8. The van der Waals surface area contributed by atoms with Gasteiger partial charge < -0.3 is 9.84 Å². The van der Waals surface area contributed by atoms with Crippen LogP contribution in [0.25, 0.3) is 0 Å². The number of Topliss-reactive ketones (excluding diaryl/α,β-unsaturated/α-hetero) is 1. The number of ketones is 1. The molecule has 1 N–H and O–H groups in total. The number of esters is 1. The molecular formula is C21H32O4. The number of hydrogen-bond acceptors (Lipinski definition) is 4. The molecule has 4 heteroatoms. The Kier molecular flexibility index (Phi) is 4.64. The van der Waals surface area contributed by atoms with Crippen molar-refractivity contribution in [3.63, 3.8) is 0 Å². The van der Waals surface area contributed by atoms with Gasteiger partial charge in [0, 0.05) is 18.4 Å². The van der Waals surface area contributed by atoms with Crippen LogP contribution in [-0.4, -0.2) is 30.1 Å². The van der Waals surface area contributed by atoms with E-state index < -0.39 is 0 Å². The van der Waals surface area contributed by atoms with Gasteiger partial charge in [-0.05, 0) is 54.3 Å². The molecule has 0 saturated heterocycles. The van der Waals surface area contributed by atoms with Gasteiger partial charge >= 0.3 is 5.97 Å². The van der Waals surface area contributed by atoms with Crippen LogP contribution in [0.1, 0.15) is 59.8 Å². The minimum atomic E-state index is -0.328. The number of allylic oxidation sites excluding steroid dienone is 1. The van der Waals surface area contributed by atoms with Crippen molar-refractivity contribution in [2.24, 2.45) is 34.5 Å². The summed E-state index contributed by atoms with van der Waals surface area (Å²) in [5, 5.41) is 10.5. The van der Waals surface area contributed by atoms with Gasteiger partial charge in [0.1, 0.15) is 5.78 Å². The molecule has 140 valence electrons. The molecule has 0 spiro atoms. The highest BCUT2D eigenvalue weighted by atomic mass is 16.5. The Morgan fingerprint density at radius 3 is 2.60 bits per heavy atom. The lowest BCUT2D eigenvalue weighted by atomic mass is 9.42. The first-order valence-corrected chi connectivity index (χ1v) is 9.62. The lowest BCUT2D eigenvalue weighted by Gasteiger charge is -2.62. The third-order valence-electron chi connectivity index (χ3n) is 7.94. The summed E-state index contributed by atoms with van der Waals surface area (Å²) in [7, 11) is 1.39. The molecule has 0 bridgehead atoms. The largest absolute Gasteiger partial charge is 0.466 e. The Bertz CT molecular complexity index is 605. The quantitative estimate of drug-likeness (QED) is 0.582. The van der Waals surface area contributed by atoms with Crippen molar-refractivity contribution >= 4 is 11.8 Å². The Hall–Kier alpha value is -1.16. The number of fused-ring (bicyclic) bond motifs is 3. The van der Waals surface area contributed by atoms with Crippen molar-refractivity contribution in [1.29, 1.82) is 0 Å². The van der Waals surface area contributed by atoms with Crippen molar-refractivity contribution in [1.82, 2.24) is 0 Å². The summed E-state index contributed by atoms with van der Waals surface area (Å²) in [6.45, 7) is 8.69. The molecule has 3 aliphatic carbocycles. The predicted octanol–water partition coefficient (Wildman–Crippen LogP) is 3.52. The van der Waals surface area contributed by atoms with Gasteiger partial charge in [0.25, 0.3) is 0 Å². The van der Waals surface area contributed by atoms with Crippen LogP contribution >= 0.6 is 0 Å². The molecule has 3 fully saturated rings. The molecule has 25 heavy (non-hydrogen) atoms. The Labute approximate surface area is 151 Å². The zero-order valence-electron chi connectivity index (χ0n) is 16.2. The van der Waals surface area contributed by atoms with E-state index in [4.69, 9.17) is 4.74 Å². The minimum Gasteiger partial charge on any atom is -0.466 e. The number of rotatable bonds is 1. The molecule has 3 aliphatic rings. The molecule has 0 heterocycles. The first-order valence-electron chi connectivity index (χ1n) is 9.62. The highest BCUT2D eigenvalue weighted by molar-refractivity contribution is 5.85. The summed E-state index contributed by atoms with van der Waals surface area (Å²) in [6.07, 6.45) is 5.43. The van der Waals surface area contributed by atoms with Crippen LogP contribution < -0.4 is 0 Å². The first kappa shape index (κ1) is 18.6. The fourth-order valence-electron chi connectivity index (χ4n) is 6.32. The Morgan fingerprint density at radius 1 is 1.28 bits per heavy atom. The van der Waals surface area contributed by atoms with E-state index in [0.717, 1.165) is 31.3 Å². The maximum Gasteiger partial charge on any atom is 0.330 e. The zero-order valence-corrected chi connectivity index (χ0v) is 16.2. The molecule has 0 aromatic rings. The van der Waals surface area contributed by atoms with E-state index in [0.29, 0.717) is 18.1 Å². The lowest BCUT2D eigenvalue weighted by Crippen LogP contribution is -2.60. The summed E-state index contributed by atoms with van der Waals surface area (Å²) in [5.41, 5.74) is 0.921. The second kappa shape index (κ2) is 6.22. The summed E-state index contributed by atoms with van der Waals surface area (Å²) < 4.78 is 4.78. The van der Waals surface area contributed by atoms with Gasteiger partial charge in [-0.3, -0.25) is 4.79 Å². The SMILES string of the molecule is COC(=O)/C=C1\CC[C@H]2[C@@H](C(=O)C[C@H]3C(C)(C)[C@@H](O)CC[C@]23C)[C@H]1C. The smallest absolute Gasteiger partial charge is 0.330 e. The molecule has 3 saturated carbocycles. The number of aliphatic hydroxyl groups excluding tert-OH is 1. The molecule has 6 atom stereocenters. The van der Waals surface area contributed by atoms with Gasteiger partial charge in [-0.25, -0.2) is 4.79 Å². The van der Waals surface area contributed by atoms with Crippen LogP contribution in [0, 0.1) is 34.5 Å². The average molecular weight is 348 g/mol. The monoisotopic (exact) mass is 348 g/mol. The molecule has 4 nitrogen and oxygen atoms in total. The van der Waals surface area contributed by atoms with Gasteiger partial charge in [-0.1, -0.05) is 33.3 Å². The van der Waals surface area contributed by atoms with E-state index in [-0.39, 0.29) is 40.7 Å². The van der Waals surface area contributed by atoms with Gasteiger partial charge in [0.15, 0.2) is 0 Å². The van der Waals surface area contributed by atoms with Crippen molar-refractivity contribution in [2.45, 2.75) is 65.9 Å². The Morgan fingerprint density at radius 2 is 1.96 bits per heavy atom. The van der Waals surface area contributed by atoms with Crippen LogP contribution in [0.15, 0.2) is 11.6 Å². The van der Waals surface area contributed by atoms with Crippen molar-refractivity contribution < 1.29 is 19.4 Å². The molecule has 0 aliphatic heterocycles. The van der Waals surface area contributed by atoms with Gasteiger partial charge in [0.05, 0.1) is 13.2 Å². The number of hydrogen-bond donors (Lipinski definition) is 1. The first-order chi connectivity index (χ1) is 11.6. The summed E-state index contributed by atoms with van der Waals surface area (Å²) >= 11 is 0. The third-order valence-corrected chi connectivity index (χ3v) is 7.94. The van der Waals surface area contributed by atoms with Gasteiger partial charge in [-0.2, -0.15) is 0 Å². The van der Waals surface area contributed by atoms with E-state index in [1.165, 1.54) is 7.11 Å². The fraction of sp³-hybridized carbons (Fsp3) is 0.810. The molecule has 0 amide bonds. The average Bonchev–Trinajstić information content (AvgIpc) is 2.56. The van der Waals surface area contributed by atoms with Crippen molar-refractivity contribution in [3.8, 4) is 0 Å². The lowest BCUT2D eigenvalue weighted by molar-refractivity contribution is -0.172. The van der Waals surface area contributed by atoms with Crippen LogP contribution in [-0.2, 0) is 14.3 Å². The summed E-state index contributed by atoms with van der Waals surface area (Å²) in [6, 6.07) is 0. The van der Waals surface area contributed by atoms with Crippen LogP contribution in [0.4, 0.5) is 0 Å². The summed E-state index contributed by atoms with van der Waals surface area (Å²) in [5.74, 6) is 0.661. The molecule has 0 unspecified atom stereocenters. The topological polar surface area (TPSA) is 63.6 Å². The van der Waals surface area contributed by atoms with E-state index >= 15 is 0 Å². The second-order valence-corrected chi connectivity index (χ2v) is 9.31. The van der Waals surface area contributed by atoms with Crippen molar-refractivity contribution in [3.05, 3.63) is 11.6 Å². The van der Waals surface area contributed by atoms with E-state index in [2.05, 4.69) is 27.7 Å². The molecule has 0 radical (unpaired) electrons. The van der Waals surface area contributed by atoms with Gasteiger partial charge in [0.2, 0.25) is 0 Å². The van der Waals surface area contributed by atoms with Crippen LogP contribution in [0.2, 0.25) is 0 Å².